The Balaban J connectivity index is 2.12. The molecule has 1 aromatic carbocycles. The van der Waals surface area contributed by atoms with Crippen molar-refractivity contribution in [3.8, 4) is 0 Å². The highest BCUT2D eigenvalue weighted by atomic mass is 15.3. The molecule has 1 aliphatic rings. The van der Waals surface area contributed by atoms with Crippen molar-refractivity contribution < 1.29 is 0 Å². The van der Waals surface area contributed by atoms with Crippen molar-refractivity contribution in [1.29, 1.82) is 0 Å². The largest absolute Gasteiger partial charge is 0.382 e. The summed E-state index contributed by atoms with van der Waals surface area (Å²) in [7, 11) is 0. The van der Waals surface area contributed by atoms with Gasteiger partial charge in [-0.05, 0) is 0 Å². The van der Waals surface area contributed by atoms with Crippen molar-refractivity contribution >= 4 is 22.4 Å². The first kappa shape index (κ1) is 10.3. The molecule has 17 heavy (non-hydrogen) atoms. The van der Waals surface area contributed by atoms with Gasteiger partial charge in [0.15, 0.2) is 11.6 Å². The number of nitrogens with one attached hydrogen (secondary N) is 1. The van der Waals surface area contributed by atoms with Gasteiger partial charge in [-0.3, -0.25) is 0 Å². The van der Waals surface area contributed by atoms with Crippen LogP contribution in [0.3, 0.4) is 0 Å². The van der Waals surface area contributed by atoms with E-state index in [1.54, 1.807) is 0 Å². The molecule has 88 valence electrons. The number of nitrogen functional groups attached to an aromatic ring is 1. The monoisotopic (exact) mass is 229 g/mol. The highest BCUT2D eigenvalue weighted by Crippen LogP contribution is 2.26. The molecule has 1 saturated heterocycles. The Bertz CT molecular complexity index is 533. The Labute approximate surface area is 99.6 Å². The van der Waals surface area contributed by atoms with Crippen LogP contribution in [-0.4, -0.2) is 36.4 Å². The average molecular weight is 229 g/mol. The van der Waals surface area contributed by atoms with Crippen LogP contribution in [0.1, 0.15) is 0 Å². The molecule has 0 spiro atoms. The standard InChI is InChI=1S/C12H15N5/c13-11-9-3-1-2-4-10(9)12(16-15-11)17-7-5-14-6-8-17/h1-4,14H,5-8H2,(H2,13,15). The van der Waals surface area contributed by atoms with Crippen molar-refractivity contribution in [2.45, 2.75) is 0 Å². The molecule has 0 atom stereocenters. The number of nitrogens with zero attached hydrogens (tertiary/aromatic N) is 3. The Morgan fingerprint density at radius 3 is 2.53 bits per heavy atom. The van der Waals surface area contributed by atoms with Crippen molar-refractivity contribution in [2.24, 2.45) is 0 Å². The zero-order valence-corrected chi connectivity index (χ0v) is 9.56. The van der Waals surface area contributed by atoms with E-state index in [2.05, 4.69) is 26.5 Å². The van der Waals surface area contributed by atoms with E-state index < -0.39 is 0 Å². The van der Waals surface area contributed by atoms with E-state index in [0.717, 1.165) is 42.8 Å². The molecular formula is C12H15N5. The lowest BCUT2D eigenvalue weighted by atomic mass is 10.1. The van der Waals surface area contributed by atoms with Gasteiger partial charge in [0.1, 0.15) is 0 Å². The summed E-state index contributed by atoms with van der Waals surface area (Å²) in [6, 6.07) is 8.03. The third-order valence-electron chi connectivity index (χ3n) is 3.11. The van der Waals surface area contributed by atoms with Gasteiger partial charge in [0.2, 0.25) is 0 Å². The number of anilines is 2. The number of aromatic nitrogens is 2. The minimum atomic E-state index is 0.500. The number of piperazine rings is 1. The van der Waals surface area contributed by atoms with Gasteiger partial charge >= 0.3 is 0 Å². The number of rotatable bonds is 1. The number of nitrogens with two attached hydrogens (primary N) is 1. The first-order chi connectivity index (χ1) is 8.36. The predicted molar refractivity (Wildman–Crippen MR) is 69.0 cm³/mol. The first-order valence-corrected chi connectivity index (χ1v) is 5.83. The van der Waals surface area contributed by atoms with Gasteiger partial charge in [-0.1, -0.05) is 24.3 Å². The topological polar surface area (TPSA) is 67.1 Å². The highest BCUT2D eigenvalue weighted by molar-refractivity contribution is 5.97. The van der Waals surface area contributed by atoms with Crippen molar-refractivity contribution in [3.05, 3.63) is 24.3 Å². The molecular weight excluding hydrogens is 214 g/mol. The molecule has 1 fully saturated rings. The van der Waals surface area contributed by atoms with E-state index in [1.165, 1.54) is 0 Å². The number of benzene rings is 1. The SMILES string of the molecule is Nc1nnc(N2CCNCC2)c2ccccc12. The summed E-state index contributed by atoms with van der Waals surface area (Å²) in [5, 5.41) is 13.7. The predicted octanol–water partition coefficient (Wildman–Crippen LogP) is 0.622. The van der Waals surface area contributed by atoms with Gasteiger partial charge in [-0.2, -0.15) is 0 Å². The third kappa shape index (κ3) is 1.78. The van der Waals surface area contributed by atoms with E-state index in [1.807, 2.05) is 18.2 Å². The summed E-state index contributed by atoms with van der Waals surface area (Å²) >= 11 is 0. The Kier molecular flexibility index (Phi) is 2.53. The van der Waals surface area contributed by atoms with Crippen LogP contribution >= 0.6 is 0 Å². The normalized spacial score (nSPS) is 16.4. The second kappa shape index (κ2) is 4.18. The molecule has 3 rings (SSSR count). The first-order valence-electron chi connectivity index (χ1n) is 5.83. The summed E-state index contributed by atoms with van der Waals surface area (Å²) in [4.78, 5) is 2.26. The minimum Gasteiger partial charge on any atom is -0.382 e. The van der Waals surface area contributed by atoms with Crippen LogP contribution in [0.15, 0.2) is 24.3 Å². The fraction of sp³-hybridized carbons (Fsp3) is 0.333. The quantitative estimate of drug-likeness (QED) is 0.750. The number of hydrogen-bond acceptors (Lipinski definition) is 5. The molecule has 5 heteroatoms. The van der Waals surface area contributed by atoms with Crippen LogP contribution in [-0.2, 0) is 0 Å². The maximum absolute atomic E-state index is 5.85. The van der Waals surface area contributed by atoms with Gasteiger partial charge in [0.25, 0.3) is 0 Å². The molecule has 3 N–H and O–H groups in total. The highest BCUT2D eigenvalue weighted by Gasteiger charge is 2.15. The zero-order valence-electron chi connectivity index (χ0n) is 9.56. The van der Waals surface area contributed by atoms with Crippen LogP contribution in [0.5, 0.6) is 0 Å². The molecule has 0 aliphatic carbocycles. The molecule has 2 aromatic rings. The van der Waals surface area contributed by atoms with Gasteiger partial charge in [0, 0.05) is 37.0 Å². The lowest BCUT2D eigenvalue weighted by Crippen LogP contribution is -2.44. The lowest BCUT2D eigenvalue weighted by molar-refractivity contribution is 0.584. The fourth-order valence-corrected chi connectivity index (χ4v) is 2.22. The summed E-state index contributed by atoms with van der Waals surface area (Å²) in [5.74, 6) is 1.44. The van der Waals surface area contributed by atoms with E-state index in [4.69, 9.17) is 5.73 Å². The van der Waals surface area contributed by atoms with Gasteiger partial charge in [-0.15, -0.1) is 10.2 Å². The summed E-state index contributed by atoms with van der Waals surface area (Å²) in [6.45, 7) is 3.89. The molecule has 0 radical (unpaired) electrons. The van der Waals surface area contributed by atoms with Gasteiger partial charge in [0.05, 0.1) is 0 Å². The third-order valence-corrected chi connectivity index (χ3v) is 3.11. The molecule has 0 unspecified atom stereocenters. The molecule has 2 heterocycles. The summed E-state index contributed by atoms with van der Waals surface area (Å²) in [6.07, 6.45) is 0. The molecule has 0 amide bonds. The fourth-order valence-electron chi connectivity index (χ4n) is 2.22. The molecule has 1 aliphatic heterocycles. The zero-order chi connectivity index (χ0) is 11.7. The number of fused-ring (bicyclic) bond motifs is 1. The average Bonchev–Trinajstić information content (AvgIpc) is 2.41. The van der Waals surface area contributed by atoms with Crippen LogP contribution in [0.2, 0.25) is 0 Å². The van der Waals surface area contributed by atoms with Crippen LogP contribution in [0.4, 0.5) is 11.6 Å². The summed E-state index contributed by atoms with van der Waals surface area (Å²) in [5.41, 5.74) is 5.85. The summed E-state index contributed by atoms with van der Waals surface area (Å²) < 4.78 is 0. The number of hydrogen-bond donors (Lipinski definition) is 2. The molecule has 5 nitrogen and oxygen atoms in total. The minimum absolute atomic E-state index is 0.500. The van der Waals surface area contributed by atoms with Gasteiger partial charge in [-0.25, -0.2) is 0 Å². The molecule has 1 aromatic heterocycles. The van der Waals surface area contributed by atoms with E-state index in [-0.39, 0.29) is 0 Å². The van der Waals surface area contributed by atoms with E-state index in [0.29, 0.717) is 5.82 Å². The van der Waals surface area contributed by atoms with Crippen LogP contribution in [0.25, 0.3) is 10.8 Å². The van der Waals surface area contributed by atoms with E-state index in [9.17, 15) is 0 Å². The maximum atomic E-state index is 5.85. The second-order valence-electron chi connectivity index (χ2n) is 4.19. The Morgan fingerprint density at radius 1 is 1.06 bits per heavy atom. The van der Waals surface area contributed by atoms with Crippen LogP contribution in [0, 0.1) is 0 Å². The molecule has 0 saturated carbocycles. The maximum Gasteiger partial charge on any atom is 0.159 e. The van der Waals surface area contributed by atoms with E-state index >= 15 is 0 Å². The van der Waals surface area contributed by atoms with Crippen molar-refractivity contribution in [1.82, 2.24) is 15.5 Å². The Morgan fingerprint density at radius 2 is 1.76 bits per heavy atom. The van der Waals surface area contributed by atoms with Gasteiger partial charge < -0.3 is 16.0 Å². The molecule has 0 bridgehead atoms. The second-order valence-corrected chi connectivity index (χ2v) is 4.19. The lowest BCUT2D eigenvalue weighted by Gasteiger charge is -2.28. The van der Waals surface area contributed by atoms with Crippen molar-refractivity contribution in [3.63, 3.8) is 0 Å². The van der Waals surface area contributed by atoms with Crippen molar-refractivity contribution in [2.75, 3.05) is 36.8 Å². The smallest absolute Gasteiger partial charge is 0.159 e. The van der Waals surface area contributed by atoms with Crippen LogP contribution < -0.4 is 16.0 Å². The Hall–Kier alpha value is -1.88.